The molecule has 1 aliphatic heterocycles. The van der Waals surface area contributed by atoms with Crippen molar-refractivity contribution >= 4 is 23.1 Å². The van der Waals surface area contributed by atoms with Gasteiger partial charge in [0.1, 0.15) is 11.6 Å². The summed E-state index contributed by atoms with van der Waals surface area (Å²) in [4.78, 5) is 0. The highest BCUT2D eigenvalue weighted by Crippen LogP contribution is 2.28. The molecule has 0 unspecified atom stereocenters. The first-order valence-corrected chi connectivity index (χ1v) is 8.96. The van der Waals surface area contributed by atoms with Crippen molar-refractivity contribution in [2.45, 2.75) is 34.6 Å². The minimum atomic E-state index is -0.242. The molecular formula is C23H21BF2. The van der Waals surface area contributed by atoms with Crippen LogP contribution in [0, 0.1) is 46.3 Å². The highest BCUT2D eigenvalue weighted by molar-refractivity contribution is 6.99. The molecule has 1 heterocycles. The first kappa shape index (κ1) is 17.0. The smallest absolute Gasteiger partial charge is 0.207 e. The summed E-state index contributed by atoms with van der Waals surface area (Å²) in [5.41, 5.74) is 9.92. The lowest BCUT2D eigenvalue weighted by Crippen LogP contribution is -2.51. The SMILES string of the molecule is Cc1cc(C)c(B2c3cc(C)c(F)cc3-c3cc(F)c(C)cc32)c(C)c1. The second kappa shape index (κ2) is 5.80. The van der Waals surface area contributed by atoms with E-state index in [1.54, 1.807) is 26.0 Å². The molecule has 0 spiro atoms. The molecule has 3 heteroatoms. The molecule has 0 saturated heterocycles. The Kier molecular flexibility index (Phi) is 3.80. The number of aryl methyl sites for hydroxylation is 5. The van der Waals surface area contributed by atoms with Crippen LogP contribution in [-0.2, 0) is 0 Å². The molecule has 4 rings (SSSR count). The fraction of sp³-hybridized carbons (Fsp3) is 0.217. The number of rotatable bonds is 1. The number of benzene rings is 3. The molecular weight excluding hydrogens is 325 g/mol. The van der Waals surface area contributed by atoms with E-state index in [-0.39, 0.29) is 18.3 Å². The Morgan fingerprint density at radius 2 is 1.00 bits per heavy atom. The third-order valence-electron chi connectivity index (χ3n) is 5.60. The van der Waals surface area contributed by atoms with Crippen molar-refractivity contribution in [1.29, 1.82) is 0 Å². The Balaban J connectivity index is 2.09. The number of hydrogen-bond acceptors (Lipinski definition) is 0. The largest absolute Gasteiger partial charge is 0.243 e. The van der Waals surface area contributed by atoms with Gasteiger partial charge in [-0.25, -0.2) is 8.78 Å². The summed E-state index contributed by atoms with van der Waals surface area (Å²) in [6, 6.07) is 11.4. The summed E-state index contributed by atoms with van der Waals surface area (Å²) in [6.45, 7) is 9.94. The molecule has 0 aromatic heterocycles. The Bertz CT molecular complexity index is 986. The summed E-state index contributed by atoms with van der Waals surface area (Å²) in [5, 5.41) is 0. The van der Waals surface area contributed by atoms with Gasteiger partial charge in [-0.1, -0.05) is 57.3 Å². The molecule has 0 aliphatic carbocycles. The van der Waals surface area contributed by atoms with Gasteiger partial charge in [0.2, 0.25) is 6.71 Å². The molecule has 0 atom stereocenters. The summed E-state index contributed by atoms with van der Waals surface area (Å²) in [6.07, 6.45) is 0. The topological polar surface area (TPSA) is 0 Å². The van der Waals surface area contributed by atoms with E-state index in [0.29, 0.717) is 11.1 Å². The summed E-state index contributed by atoms with van der Waals surface area (Å²) in [7, 11) is 0. The van der Waals surface area contributed by atoms with E-state index < -0.39 is 0 Å². The van der Waals surface area contributed by atoms with Crippen LogP contribution in [0.25, 0.3) is 11.1 Å². The maximum atomic E-state index is 14.3. The van der Waals surface area contributed by atoms with Gasteiger partial charge >= 0.3 is 0 Å². The average Bonchev–Trinajstić information content (AvgIpc) is 2.81. The molecule has 3 aromatic carbocycles. The molecule has 0 amide bonds. The second-order valence-electron chi connectivity index (χ2n) is 7.62. The van der Waals surface area contributed by atoms with Gasteiger partial charge in [0.15, 0.2) is 0 Å². The van der Waals surface area contributed by atoms with Gasteiger partial charge in [-0.15, -0.1) is 0 Å². The van der Waals surface area contributed by atoms with E-state index in [2.05, 4.69) is 32.9 Å². The molecule has 0 fully saturated rings. The first-order valence-electron chi connectivity index (χ1n) is 8.96. The average molecular weight is 346 g/mol. The summed E-state index contributed by atoms with van der Waals surface area (Å²) in [5.74, 6) is -0.484. The standard InChI is InChI=1S/C23H21BF2/c1-12-6-15(4)23(16(5)7-12)24-19-8-13(2)21(25)10-17(19)18-11-22(26)14(3)9-20(18)24/h6-11H,1-5H3. The molecule has 26 heavy (non-hydrogen) atoms. The van der Waals surface area contributed by atoms with Gasteiger partial charge in [0, 0.05) is 0 Å². The minimum absolute atomic E-state index is 0.0131. The van der Waals surface area contributed by atoms with Gasteiger partial charge < -0.3 is 0 Å². The van der Waals surface area contributed by atoms with Crippen molar-refractivity contribution in [2.24, 2.45) is 0 Å². The van der Waals surface area contributed by atoms with Gasteiger partial charge in [-0.2, -0.15) is 0 Å². The zero-order valence-electron chi connectivity index (χ0n) is 15.8. The lowest BCUT2D eigenvalue weighted by atomic mass is 9.37. The van der Waals surface area contributed by atoms with Crippen molar-refractivity contribution in [3.8, 4) is 11.1 Å². The molecule has 0 bridgehead atoms. The summed E-state index contributed by atoms with van der Waals surface area (Å²) >= 11 is 0. The van der Waals surface area contributed by atoms with Crippen LogP contribution in [0.1, 0.15) is 27.8 Å². The fourth-order valence-electron chi connectivity index (χ4n) is 4.48. The van der Waals surface area contributed by atoms with Crippen LogP contribution in [0.5, 0.6) is 0 Å². The minimum Gasteiger partial charge on any atom is -0.207 e. The van der Waals surface area contributed by atoms with Crippen LogP contribution >= 0.6 is 0 Å². The van der Waals surface area contributed by atoms with Gasteiger partial charge in [-0.05, 0) is 69.0 Å². The van der Waals surface area contributed by atoms with Gasteiger partial charge in [-0.3, -0.25) is 0 Å². The number of hydrogen-bond donors (Lipinski definition) is 0. The highest BCUT2D eigenvalue weighted by atomic mass is 19.1. The monoisotopic (exact) mass is 346 g/mol. The third kappa shape index (κ3) is 2.41. The van der Waals surface area contributed by atoms with Crippen LogP contribution in [0.15, 0.2) is 36.4 Å². The lowest BCUT2D eigenvalue weighted by molar-refractivity contribution is 0.617. The van der Waals surface area contributed by atoms with Gasteiger partial charge in [0.05, 0.1) is 0 Å². The Morgan fingerprint density at radius 1 is 0.577 bits per heavy atom. The van der Waals surface area contributed by atoms with E-state index in [0.717, 1.165) is 22.1 Å². The first-order chi connectivity index (χ1) is 12.3. The van der Waals surface area contributed by atoms with E-state index in [9.17, 15) is 8.78 Å². The Hall–Kier alpha value is -2.42. The second-order valence-corrected chi connectivity index (χ2v) is 7.62. The van der Waals surface area contributed by atoms with Crippen LogP contribution in [0.3, 0.4) is 0 Å². The third-order valence-corrected chi connectivity index (χ3v) is 5.60. The van der Waals surface area contributed by atoms with E-state index >= 15 is 0 Å². The van der Waals surface area contributed by atoms with Gasteiger partial charge in [0.25, 0.3) is 0 Å². The Morgan fingerprint density at radius 3 is 1.42 bits per heavy atom. The molecule has 1 aliphatic rings. The van der Waals surface area contributed by atoms with Crippen molar-refractivity contribution in [3.63, 3.8) is 0 Å². The zero-order chi connectivity index (χ0) is 18.7. The number of halogens is 2. The van der Waals surface area contributed by atoms with Crippen molar-refractivity contribution in [1.82, 2.24) is 0 Å². The zero-order valence-corrected chi connectivity index (χ0v) is 15.8. The van der Waals surface area contributed by atoms with Crippen LogP contribution in [0.2, 0.25) is 0 Å². The molecule has 0 radical (unpaired) electrons. The predicted molar refractivity (Wildman–Crippen MR) is 107 cm³/mol. The maximum Gasteiger partial charge on any atom is 0.243 e. The van der Waals surface area contributed by atoms with Crippen molar-refractivity contribution in [3.05, 3.63) is 75.8 Å². The molecule has 130 valence electrons. The lowest BCUT2D eigenvalue weighted by Gasteiger charge is -2.18. The molecule has 0 nitrogen and oxygen atoms in total. The van der Waals surface area contributed by atoms with Crippen LogP contribution in [-0.4, -0.2) is 6.71 Å². The summed E-state index contributed by atoms with van der Waals surface area (Å²) < 4.78 is 28.6. The van der Waals surface area contributed by atoms with E-state index in [4.69, 9.17) is 0 Å². The quantitative estimate of drug-likeness (QED) is 0.457. The molecule has 3 aromatic rings. The molecule has 0 saturated carbocycles. The molecule has 0 N–H and O–H groups in total. The van der Waals surface area contributed by atoms with E-state index in [1.807, 2.05) is 12.1 Å². The van der Waals surface area contributed by atoms with Crippen molar-refractivity contribution in [2.75, 3.05) is 0 Å². The Labute approximate surface area is 154 Å². The predicted octanol–water partition coefficient (Wildman–Crippen LogP) is 4.00. The van der Waals surface area contributed by atoms with E-state index in [1.165, 1.54) is 22.2 Å². The van der Waals surface area contributed by atoms with Crippen LogP contribution in [0.4, 0.5) is 8.78 Å². The van der Waals surface area contributed by atoms with Crippen molar-refractivity contribution < 1.29 is 8.78 Å². The maximum absolute atomic E-state index is 14.3. The highest BCUT2D eigenvalue weighted by Gasteiger charge is 2.36. The number of fused-ring (bicyclic) bond motifs is 3. The normalized spacial score (nSPS) is 12.3. The van der Waals surface area contributed by atoms with Crippen LogP contribution < -0.4 is 16.4 Å². The fourth-order valence-corrected chi connectivity index (χ4v) is 4.48.